The molecule has 2 aromatic rings. The monoisotopic (exact) mass is 401 g/mol. The maximum absolute atomic E-state index is 14.6. The van der Waals surface area contributed by atoms with Crippen LogP contribution in [0.2, 0.25) is 0 Å². The summed E-state index contributed by atoms with van der Waals surface area (Å²) in [5.74, 6) is 2.32. The summed E-state index contributed by atoms with van der Waals surface area (Å²) in [5, 5.41) is 8.75. The van der Waals surface area contributed by atoms with E-state index in [1.807, 2.05) is 4.90 Å². The lowest BCUT2D eigenvalue weighted by molar-refractivity contribution is -0.0178. The molecular weight excluding hydrogens is 377 g/mol. The number of methoxy groups -OCH3 is 1. The van der Waals surface area contributed by atoms with E-state index < -0.39 is 11.7 Å². The summed E-state index contributed by atoms with van der Waals surface area (Å²) in [6.07, 6.45) is 9.18. The van der Waals surface area contributed by atoms with Crippen molar-refractivity contribution < 1.29 is 13.7 Å². The lowest BCUT2D eigenvalue weighted by atomic mass is 9.80. The van der Waals surface area contributed by atoms with E-state index in [1.54, 1.807) is 17.9 Å². The third kappa shape index (κ3) is 2.35. The molecule has 0 radical (unpaired) electrons. The van der Waals surface area contributed by atoms with Crippen molar-refractivity contribution in [3.05, 3.63) is 24.0 Å². The summed E-state index contributed by atoms with van der Waals surface area (Å²) in [4.78, 5) is 10.6. The zero-order valence-corrected chi connectivity index (χ0v) is 16.3. The van der Waals surface area contributed by atoms with Crippen LogP contribution in [0.3, 0.4) is 0 Å². The molecule has 0 spiro atoms. The highest BCUT2D eigenvalue weighted by Gasteiger charge is 2.49. The molecule has 2 aliphatic heterocycles. The van der Waals surface area contributed by atoms with Gasteiger partial charge in [0.1, 0.15) is 17.6 Å². The smallest absolute Gasteiger partial charge is 0.295 e. The molecule has 4 heterocycles. The van der Waals surface area contributed by atoms with Crippen molar-refractivity contribution in [1.82, 2.24) is 25.1 Å². The van der Waals surface area contributed by atoms with Crippen LogP contribution < -0.4 is 10.3 Å². The minimum atomic E-state index is -0.488. The van der Waals surface area contributed by atoms with E-state index in [4.69, 9.17) is 9.26 Å². The van der Waals surface area contributed by atoms with Gasteiger partial charge in [0, 0.05) is 19.1 Å². The summed E-state index contributed by atoms with van der Waals surface area (Å²) < 4.78 is 27.7. The van der Waals surface area contributed by atoms with Gasteiger partial charge in [-0.15, -0.1) is 0 Å². The van der Waals surface area contributed by atoms with Crippen molar-refractivity contribution in [2.45, 2.75) is 69.2 Å². The fourth-order valence-electron chi connectivity index (χ4n) is 5.67. The molecular formula is C19H24FN7O2. The van der Waals surface area contributed by atoms with Crippen molar-refractivity contribution in [3.8, 4) is 0 Å². The van der Waals surface area contributed by atoms with Gasteiger partial charge in [-0.05, 0) is 38.5 Å². The fraction of sp³-hybridized carbons (Fsp3) is 0.684. The first-order chi connectivity index (χ1) is 14.2. The second-order valence-corrected chi connectivity index (χ2v) is 8.48. The number of hydrogen-bond acceptors (Lipinski definition) is 8. The molecule has 0 amide bonds. The number of rotatable bonds is 3. The van der Waals surface area contributed by atoms with E-state index in [0.29, 0.717) is 23.4 Å². The van der Waals surface area contributed by atoms with Gasteiger partial charge in [0.2, 0.25) is 11.7 Å². The number of ether oxygens (including phenoxy) is 1. The Morgan fingerprint density at radius 2 is 2.07 bits per heavy atom. The van der Waals surface area contributed by atoms with Crippen molar-refractivity contribution >= 4 is 11.7 Å². The Labute approximate surface area is 167 Å². The summed E-state index contributed by atoms with van der Waals surface area (Å²) >= 11 is 0. The number of hydrazone groups is 1. The molecule has 9 nitrogen and oxygen atoms in total. The van der Waals surface area contributed by atoms with Crippen LogP contribution in [-0.4, -0.2) is 38.8 Å². The highest BCUT2D eigenvalue weighted by Crippen LogP contribution is 2.46. The van der Waals surface area contributed by atoms with Gasteiger partial charge >= 0.3 is 0 Å². The standard InChI is InChI=1S/C19H24FN7O2/c1-28-19(8-4-5-9-19)17-22-16(29-25-17)15-24-23-14-11-6-2-3-7-12(11)26-13(27(14)15)10-21-18(26)20/h10-12,14,23H,2-9H2,1H3. The lowest BCUT2D eigenvalue weighted by Crippen LogP contribution is -2.54. The van der Waals surface area contributed by atoms with Crippen LogP contribution in [0.5, 0.6) is 0 Å². The summed E-state index contributed by atoms with van der Waals surface area (Å²) in [6.45, 7) is 0. The average Bonchev–Trinajstić information content (AvgIpc) is 3.52. The molecule has 0 saturated heterocycles. The first-order valence-electron chi connectivity index (χ1n) is 10.5. The van der Waals surface area contributed by atoms with Crippen LogP contribution in [0.1, 0.15) is 69.1 Å². The maximum atomic E-state index is 14.6. The number of imidazole rings is 1. The number of halogens is 1. The first kappa shape index (κ1) is 17.4. The SMILES string of the molecule is COC1(c2noc(C3=NNC4C5CCCCC5n5c(cnc5F)N34)n2)CCCC1. The van der Waals surface area contributed by atoms with Crippen LogP contribution in [0, 0.1) is 12.0 Å². The number of aromatic nitrogens is 4. The van der Waals surface area contributed by atoms with Gasteiger partial charge in [0.15, 0.2) is 0 Å². The lowest BCUT2D eigenvalue weighted by Gasteiger charge is -2.45. The number of nitrogens with zero attached hydrogens (tertiary/aromatic N) is 6. The maximum Gasteiger partial charge on any atom is 0.295 e. The minimum absolute atomic E-state index is 0.0582. The number of hydrogen-bond donors (Lipinski definition) is 1. The molecule has 2 aromatic heterocycles. The normalized spacial score (nSPS) is 29.8. The average molecular weight is 401 g/mol. The molecule has 0 aromatic carbocycles. The Hall–Kier alpha value is -2.49. The molecule has 2 saturated carbocycles. The Bertz CT molecular complexity index is 964. The summed E-state index contributed by atoms with van der Waals surface area (Å²) in [7, 11) is 1.70. The van der Waals surface area contributed by atoms with Crippen molar-refractivity contribution in [2.75, 3.05) is 12.0 Å². The Morgan fingerprint density at radius 3 is 2.90 bits per heavy atom. The van der Waals surface area contributed by atoms with Gasteiger partial charge in [0.25, 0.3) is 12.0 Å². The largest absolute Gasteiger partial charge is 0.370 e. The van der Waals surface area contributed by atoms with Crippen LogP contribution in [-0.2, 0) is 10.3 Å². The number of fused-ring (bicyclic) bond motifs is 6. The summed E-state index contributed by atoms with van der Waals surface area (Å²) in [5.41, 5.74) is 2.76. The number of anilines is 1. The number of amidine groups is 1. The molecule has 29 heavy (non-hydrogen) atoms. The zero-order valence-electron chi connectivity index (χ0n) is 16.3. The molecule has 6 rings (SSSR count). The van der Waals surface area contributed by atoms with E-state index >= 15 is 0 Å². The molecule has 1 N–H and O–H groups in total. The molecule has 154 valence electrons. The van der Waals surface area contributed by atoms with Crippen molar-refractivity contribution in [2.24, 2.45) is 11.0 Å². The molecule has 2 fully saturated rings. The second-order valence-electron chi connectivity index (χ2n) is 8.48. The topological polar surface area (TPSA) is 93.6 Å². The van der Waals surface area contributed by atoms with E-state index in [-0.39, 0.29) is 18.1 Å². The molecule has 2 aliphatic carbocycles. The molecule has 3 atom stereocenters. The van der Waals surface area contributed by atoms with E-state index in [2.05, 4.69) is 25.7 Å². The van der Waals surface area contributed by atoms with E-state index in [0.717, 1.165) is 51.4 Å². The van der Waals surface area contributed by atoms with E-state index in [1.165, 1.54) is 0 Å². The number of nitrogens with one attached hydrogen (secondary N) is 1. The third-order valence-electron chi connectivity index (χ3n) is 7.13. The second kappa shape index (κ2) is 6.25. The van der Waals surface area contributed by atoms with Crippen LogP contribution in [0.15, 0.2) is 15.8 Å². The van der Waals surface area contributed by atoms with Gasteiger partial charge in [-0.1, -0.05) is 18.0 Å². The van der Waals surface area contributed by atoms with Crippen LogP contribution in [0.25, 0.3) is 0 Å². The molecule has 10 heteroatoms. The predicted octanol–water partition coefficient (Wildman–Crippen LogP) is 2.66. The molecule has 4 aliphatic rings. The summed E-state index contributed by atoms with van der Waals surface area (Å²) in [6, 6.07) is 0.0954. The zero-order chi connectivity index (χ0) is 19.6. The Kier molecular flexibility index (Phi) is 3.75. The van der Waals surface area contributed by atoms with Gasteiger partial charge in [-0.3, -0.25) is 14.9 Å². The quantitative estimate of drug-likeness (QED) is 0.845. The Morgan fingerprint density at radius 1 is 1.24 bits per heavy atom. The van der Waals surface area contributed by atoms with Crippen molar-refractivity contribution in [1.29, 1.82) is 0 Å². The van der Waals surface area contributed by atoms with Gasteiger partial charge in [-0.2, -0.15) is 14.5 Å². The van der Waals surface area contributed by atoms with Gasteiger partial charge in [-0.25, -0.2) is 4.98 Å². The van der Waals surface area contributed by atoms with Crippen molar-refractivity contribution in [3.63, 3.8) is 0 Å². The third-order valence-corrected chi connectivity index (χ3v) is 7.13. The molecule has 0 bridgehead atoms. The van der Waals surface area contributed by atoms with Gasteiger partial charge < -0.3 is 9.26 Å². The van der Waals surface area contributed by atoms with Crippen LogP contribution >= 0.6 is 0 Å². The van der Waals surface area contributed by atoms with E-state index in [9.17, 15) is 4.39 Å². The van der Waals surface area contributed by atoms with Gasteiger partial charge in [0.05, 0.1) is 6.20 Å². The minimum Gasteiger partial charge on any atom is -0.370 e. The Balaban J connectivity index is 1.39. The predicted molar refractivity (Wildman–Crippen MR) is 101 cm³/mol. The van der Waals surface area contributed by atoms with Crippen LogP contribution in [0.4, 0.5) is 10.2 Å². The fourth-order valence-corrected chi connectivity index (χ4v) is 5.67. The first-order valence-corrected chi connectivity index (χ1v) is 10.5. The molecule has 3 unspecified atom stereocenters. The highest BCUT2D eigenvalue weighted by molar-refractivity contribution is 6.08. The highest BCUT2D eigenvalue weighted by atomic mass is 19.1.